The predicted molar refractivity (Wildman–Crippen MR) is 65.9 cm³/mol. The van der Waals surface area contributed by atoms with E-state index in [1.807, 2.05) is 12.1 Å². The van der Waals surface area contributed by atoms with Gasteiger partial charge in [0.05, 0.1) is 3.79 Å². The molecule has 0 fully saturated rings. The first kappa shape index (κ1) is 10.8. The van der Waals surface area contributed by atoms with Gasteiger partial charge in [0, 0.05) is 10.8 Å². The summed E-state index contributed by atoms with van der Waals surface area (Å²) in [5, 5.41) is 0. The fourth-order valence-corrected chi connectivity index (χ4v) is 3.00. The average Bonchev–Trinajstić information content (AvgIpc) is 2.64. The van der Waals surface area contributed by atoms with Gasteiger partial charge in [-0.3, -0.25) is 0 Å². The third kappa shape index (κ3) is 2.47. The second-order valence-corrected chi connectivity index (χ2v) is 5.91. The maximum atomic E-state index is 13.0. The predicted octanol–water partition coefficient (Wildman–Crippen LogP) is 4.80. The average molecular weight is 285 g/mol. The maximum Gasteiger partial charge on any atom is 0.123 e. The van der Waals surface area contributed by atoms with Crippen LogP contribution in [0.25, 0.3) is 0 Å². The summed E-state index contributed by atoms with van der Waals surface area (Å²) < 4.78 is 14.2. The summed E-state index contributed by atoms with van der Waals surface area (Å²) in [4.78, 5) is 1.24. The standard InChI is InChI=1S/C12H10BrFS/c1-8(11-5-6-12(13)15-11)9-3-2-4-10(14)7-9/h2-8H,1H3/t8-/m1/s1. The smallest absolute Gasteiger partial charge is 0.123 e. The van der Waals surface area contributed by atoms with Crippen LogP contribution in [0.2, 0.25) is 0 Å². The Kier molecular flexibility index (Phi) is 3.22. The van der Waals surface area contributed by atoms with Crippen LogP contribution in [-0.4, -0.2) is 0 Å². The number of benzene rings is 1. The monoisotopic (exact) mass is 284 g/mol. The third-order valence-electron chi connectivity index (χ3n) is 2.37. The van der Waals surface area contributed by atoms with E-state index in [-0.39, 0.29) is 11.7 Å². The van der Waals surface area contributed by atoms with E-state index >= 15 is 0 Å². The summed E-state index contributed by atoms with van der Waals surface area (Å²) in [7, 11) is 0. The van der Waals surface area contributed by atoms with E-state index in [1.54, 1.807) is 23.5 Å². The minimum Gasteiger partial charge on any atom is -0.207 e. The van der Waals surface area contributed by atoms with E-state index in [4.69, 9.17) is 0 Å². The van der Waals surface area contributed by atoms with E-state index in [1.165, 1.54) is 10.9 Å². The van der Waals surface area contributed by atoms with Crippen molar-refractivity contribution in [2.45, 2.75) is 12.8 Å². The second-order valence-electron chi connectivity index (χ2n) is 3.42. The lowest BCUT2D eigenvalue weighted by molar-refractivity contribution is 0.624. The van der Waals surface area contributed by atoms with Gasteiger partial charge in [-0.1, -0.05) is 19.1 Å². The minimum atomic E-state index is -0.171. The molecule has 0 saturated heterocycles. The molecule has 0 amide bonds. The molecule has 1 aromatic carbocycles. The molecule has 0 unspecified atom stereocenters. The van der Waals surface area contributed by atoms with Crippen molar-refractivity contribution in [1.29, 1.82) is 0 Å². The first-order chi connectivity index (χ1) is 7.16. The van der Waals surface area contributed by atoms with Crippen molar-refractivity contribution < 1.29 is 4.39 Å². The highest BCUT2D eigenvalue weighted by Crippen LogP contribution is 2.32. The molecule has 1 atom stereocenters. The Bertz CT molecular complexity index is 464. The van der Waals surface area contributed by atoms with Crippen LogP contribution < -0.4 is 0 Å². The van der Waals surface area contributed by atoms with Crippen LogP contribution >= 0.6 is 27.3 Å². The Morgan fingerprint density at radius 1 is 1.27 bits per heavy atom. The summed E-state index contributed by atoms with van der Waals surface area (Å²) in [6.07, 6.45) is 0. The summed E-state index contributed by atoms with van der Waals surface area (Å²) >= 11 is 5.12. The van der Waals surface area contributed by atoms with Gasteiger partial charge in [0.2, 0.25) is 0 Å². The largest absolute Gasteiger partial charge is 0.207 e. The number of rotatable bonds is 2. The van der Waals surface area contributed by atoms with E-state index in [0.717, 1.165) is 9.35 Å². The molecular formula is C12H10BrFS. The van der Waals surface area contributed by atoms with Gasteiger partial charge in [-0.2, -0.15) is 0 Å². The number of hydrogen-bond donors (Lipinski definition) is 0. The summed E-state index contributed by atoms with van der Waals surface area (Å²) in [5.74, 6) is 0.0759. The molecule has 0 aliphatic carbocycles. The Morgan fingerprint density at radius 2 is 2.07 bits per heavy atom. The zero-order chi connectivity index (χ0) is 10.8. The van der Waals surface area contributed by atoms with Gasteiger partial charge in [-0.15, -0.1) is 11.3 Å². The van der Waals surface area contributed by atoms with E-state index in [2.05, 4.69) is 28.9 Å². The summed E-state index contributed by atoms with van der Waals surface area (Å²) in [6, 6.07) is 10.9. The van der Waals surface area contributed by atoms with E-state index in [9.17, 15) is 4.39 Å². The van der Waals surface area contributed by atoms with Gasteiger partial charge in [0.25, 0.3) is 0 Å². The Morgan fingerprint density at radius 3 is 2.67 bits per heavy atom. The highest BCUT2D eigenvalue weighted by Gasteiger charge is 2.10. The molecule has 0 bridgehead atoms. The van der Waals surface area contributed by atoms with Crippen LogP contribution in [0.5, 0.6) is 0 Å². The minimum absolute atomic E-state index is 0.171. The molecule has 0 aliphatic rings. The van der Waals surface area contributed by atoms with Crippen LogP contribution in [0.15, 0.2) is 40.2 Å². The molecule has 78 valence electrons. The van der Waals surface area contributed by atoms with Crippen molar-refractivity contribution >= 4 is 27.3 Å². The molecule has 3 heteroatoms. The van der Waals surface area contributed by atoms with Crippen LogP contribution in [0.1, 0.15) is 23.3 Å². The normalized spacial score (nSPS) is 12.7. The molecule has 1 heterocycles. The van der Waals surface area contributed by atoms with E-state index in [0.29, 0.717) is 0 Å². The Labute approximate surface area is 101 Å². The first-order valence-corrected chi connectivity index (χ1v) is 6.28. The first-order valence-electron chi connectivity index (χ1n) is 4.67. The fraction of sp³-hybridized carbons (Fsp3) is 0.167. The fourth-order valence-electron chi connectivity index (χ4n) is 1.50. The molecule has 1 aromatic heterocycles. The van der Waals surface area contributed by atoms with Crippen molar-refractivity contribution in [2.75, 3.05) is 0 Å². The summed E-state index contributed by atoms with van der Waals surface area (Å²) in [5.41, 5.74) is 1.02. The molecule has 0 nitrogen and oxygen atoms in total. The molecule has 0 saturated carbocycles. The zero-order valence-electron chi connectivity index (χ0n) is 8.21. The van der Waals surface area contributed by atoms with Crippen molar-refractivity contribution in [3.63, 3.8) is 0 Å². The van der Waals surface area contributed by atoms with E-state index < -0.39 is 0 Å². The van der Waals surface area contributed by atoms with Crippen LogP contribution in [0.4, 0.5) is 4.39 Å². The zero-order valence-corrected chi connectivity index (χ0v) is 10.6. The van der Waals surface area contributed by atoms with Crippen LogP contribution in [-0.2, 0) is 0 Å². The van der Waals surface area contributed by atoms with Crippen molar-refractivity contribution in [3.05, 3.63) is 56.4 Å². The van der Waals surface area contributed by atoms with Crippen molar-refractivity contribution in [2.24, 2.45) is 0 Å². The highest BCUT2D eigenvalue weighted by atomic mass is 79.9. The quantitative estimate of drug-likeness (QED) is 0.743. The van der Waals surface area contributed by atoms with Crippen molar-refractivity contribution in [1.82, 2.24) is 0 Å². The number of halogens is 2. The third-order valence-corrected chi connectivity index (χ3v) is 4.18. The molecule has 15 heavy (non-hydrogen) atoms. The molecule has 2 aromatic rings. The van der Waals surface area contributed by atoms with Crippen LogP contribution in [0.3, 0.4) is 0 Å². The Balaban J connectivity index is 2.32. The molecular weight excluding hydrogens is 275 g/mol. The molecule has 2 rings (SSSR count). The number of hydrogen-bond acceptors (Lipinski definition) is 1. The second kappa shape index (κ2) is 4.45. The van der Waals surface area contributed by atoms with Gasteiger partial charge in [-0.25, -0.2) is 4.39 Å². The van der Waals surface area contributed by atoms with Crippen molar-refractivity contribution in [3.8, 4) is 0 Å². The summed E-state index contributed by atoms with van der Waals surface area (Å²) in [6.45, 7) is 2.09. The molecule has 0 N–H and O–H groups in total. The van der Waals surface area contributed by atoms with Gasteiger partial charge in [0.1, 0.15) is 5.82 Å². The lowest BCUT2D eigenvalue weighted by atomic mass is 10.00. The number of thiophene rings is 1. The molecule has 0 radical (unpaired) electrons. The lowest BCUT2D eigenvalue weighted by Gasteiger charge is -2.09. The Hall–Kier alpha value is -0.670. The molecule has 0 spiro atoms. The van der Waals surface area contributed by atoms with Gasteiger partial charge in [0.15, 0.2) is 0 Å². The van der Waals surface area contributed by atoms with Gasteiger partial charge >= 0.3 is 0 Å². The highest BCUT2D eigenvalue weighted by molar-refractivity contribution is 9.11. The topological polar surface area (TPSA) is 0 Å². The maximum absolute atomic E-state index is 13.0. The van der Waals surface area contributed by atoms with Crippen LogP contribution in [0, 0.1) is 5.82 Å². The lowest BCUT2D eigenvalue weighted by Crippen LogP contribution is -1.93. The van der Waals surface area contributed by atoms with Gasteiger partial charge in [-0.05, 0) is 45.8 Å². The van der Waals surface area contributed by atoms with Gasteiger partial charge < -0.3 is 0 Å². The SMILES string of the molecule is C[C@H](c1cccc(F)c1)c1ccc(Br)s1. The molecule has 0 aliphatic heterocycles.